The molecule has 0 aliphatic heterocycles. The molecule has 1 radical (unpaired) electrons. The minimum Gasteiger partial charge on any atom is -0.477 e. The van der Waals surface area contributed by atoms with Crippen molar-refractivity contribution in [3.05, 3.63) is 0 Å². The molecule has 0 aromatic heterocycles. The first kappa shape index (κ1) is 25.8. The van der Waals surface area contributed by atoms with Gasteiger partial charge in [0.25, 0.3) is 0 Å². The van der Waals surface area contributed by atoms with Crippen LogP contribution in [-0.4, -0.2) is 41.6 Å². The van der Waals surface area contributed by atoms with Gasteiger partial charge in [0.1, 0.15) is 9.73 Å². The monoisotopic (exact) mass is 415 g/mol. The van der Waals surface area contributed by atoms with Crippen molar-refractivity contribution < 1.29 is 36.9 Å². The molecular weight excluding hydrogens is 400 g/mol. The molecular formula is C12H16CuO4S4. The number of carboxylic acid groups (broad SMARTS) is 2. The maximum absolute atomic E-state index is 10.2. The summed E-state index contributed by atoms with van der Waals surface area (Å²) in [6.45, 7) is 6.77. The van der Waals surface area contributed by atoms with Crippen LogP contribution in [0.3, 0.4) is 0 Å². The quantitative estimate of drug-likeness (QED) is 0.506. The molecule has 0 bridgehead atoms. The Kier molecular flexibility index (Phi) is 15.2. The summed E-state index contributed by atoms with van der Waals surface area (Å²) in [7, 11) is 0. The van der Waals surface area contributed by atoms with Crippen molar-refractivity contribution in [2.24, 2.45) is 11.8 Å². The summed E-state index contributed by atoms with van der Waals surface area (Å²) < 4.78 is 0. The molecule has 2 unspecified atom stereocenters. The van der Waals surface area contributed by atoms with Crippen LogP contribution in [0.4, 0.5) is 0 Å². The van der Waals surface area contributed by atoms with E-state index in [9.17, 15) is 9.59 Å². The first-order valence-corrected chi connectivity index (χ1v) is 7.11. The molecule has 0 saturated carbocycles. The maximum atomic E-state index is 10.2. The van der Waals surface area contributed by atoms with Crippen LogP contribution in [0.2, 0.25) is 0 Å². The van der Waals surface area contributed by atoms with Gasteiger partial charge in [-0.15, -0.1) is 0 Å². The summed E-state index contributed by atoms with van der Waals surface area (Å²) in [6.07, 6.45) is 0. The third kappa shape index (κ3) is 11.1. The Labute approximate surface area is 156 Å². The van der Waals surface area contributed by atoms with E-state index in [4.69, 9.17) is 34.6 Å². The molecule has 21 heavy (non-hydrogen) atoms. The summed E-state index contributed by atoms with van der Waals surface area (Å²) in [5.41, 5.74) is 0. The predicted octanol–water partition coefficient (Wildman–Crippen LogP) is 2.93. The second-order valence-corrected chi connectivity index (χ2v) is 6.17. The van der Waals surface area contributed by atoms with E-state index in [1.54, 1.807) is 27.7 Å². The smallest absolute Gasteiger partial charge is 0.343 e. The summed E-state index contributed by atoms with van der Waals surface area (Å²) in [5, 5.41) is 16.8. The molecule has 0 saturated heterocycles. The first-order valence-electron chi connectivity index (χ1n) is 5.48. The zero-order valence-corrected chi connectivity index (χ0v) is 16.0. The van der Waals surface area contributed by atoms with Crippen molar-refractivity contribution in [1.29, 1.82) is 0 Å². The first-order chi connectivity index (χ1) is 8.93. The second kappa shape index (κ2) is 12.4. The maximum Gasteiger partial charge on any atom is 0.343 e. The Bertz CT molecular complexity index is 420. The van der Waals surface area contributed by atoms with Gasteiger partial charge in [0.2, 0.25) is 0 Å². The third-order valence-corrected chi connectivity index (χ3v) is 4.19. The molecule has 0 spiro atoms. The largest absolute Gasteiger partial charge is 0.477 e. The van der Waals surface area contributed by atoms with Crippen LogP contribution in [-0.2, 0) is 26.7 Å². The fourth-order valence-electron chi connectivity index (χ4n) is 0.740. The Hall–Kier alpha value is -0.181. The SMILES string of the molecule is CC(=S)C(C)C(=S)C(=O)O.CC(=S)C(C)C(=S)C(=O)O.[Cu]. The number of hydrogen-bond acceptors (Lipinski definition) is 6. The molecule has 0 aromatic rings. The van der Waals surface area contributed by atoms with E-state index >= 15 is 0 Å². The Morgan fingerprint density at radius 2 is 0.952 bits per heavy atom. The van der Waals surface area contributed by atoms with Gasteiger partial charge >= 0.3 is 11.9 Å². The van der Waals surface area contributed by atoms with Crippen LogP contribution in [0.5, 0.6) is 0 Å². The van der Waals surface area contributed by atoms with Crippen molar-refractivity contribution in [2.75, 3.05) is 0 Å². The van der Waals surface area contributed by atoms with Crippen molar-refractivity contribution in [3.63, 3.8) is 0 Å². The summed E-state index contributed by atoms with van der Waals surface area (Å²) in [4.78, 5) is 21.7. The molecule has 0 aromatic carbocycles. The van der Waals surface area contributed by atoms with Crippen LogP contribution < -0.4 is 0 Å². The Balaban J connectivity index is -0.000000295. The molecule has 2 atom stereocenters. The van der Waals surface area contributed by atoms with Crippen molar-refractivity contribution in [3.8, 4) is 0 Å². The van der Waals surface area contributed by atoms with Gasteiger partial charge in [-0.1, -0.05) is 62.7 Å². The molecule has 0 heterocycles. The summed E-state index contributed by atoms with van der Waals surface area (Å²) in [6, 6.07) is 0. The summed E-state index contributed by atoms with van der Waals surface area (Å²) >= 11 is 18.7. The van der Waals surface area contributed by atoms with Gasteiger partial charge < -0.3 is 10.2 Å². The van der Waals surface area contributed by atoms with E-state index < -0.39 is 11.9 Å². The average Bonchev–Trinajstić information content (AvgIpc) is 2.35. The van der Waals surface area contributed by atoms with Gasteiger partial charge in [0, 0.05) is 28.9 Å². The molecule has 4 nitrogen and oxygen atoms in total. The zero-order valence-electron chi connectivity index (χ0n) is 11.8. The molecule has 2 N–H and O–H groups in total. The molecule has 9 heteroatoms. The Morgan fingerprint density at radius 1 is 0.762 bits per heavy atom. The fourth-order valence-corrected chi connectivity index (χ4v) is 1.48. The summed E-state index contributed by atoms with van der Waals surface area (Å²) in [5.74, 6) is -2.65. The molecule has 0 aliphatic rings. The van der Waals surface area contributed by atoms with Crippen LogP contribution >= 0.6 is 48.9 Å². The van der Waals surface area contributed by atoms with E-state index in [1.165, 1.54) is 0 Å². The number of carbonyl (C=O) groups is 2. The van der Waals surface area contributed by atoms with Gasteiger partial charge in [-0.05, 0) is 23.6 Å². The van der Waals surface area contributed by atoms with Gasteiger partial charge in [-0.2, -0.15) is 0 Å². The van der Waals surface area contributed by atoms with E-state index in [1.807, 2.05) is 0 Å². The molecule has 0 fully saturated rings. The van der Waals surface area contributed by atoms with Crippen LogP contribution in [0.25, 0.3) is 0 Å². The topological polar surface area (TPSA) is 74.6 Å². The number of rotatable bonds is 6. The number of aliphatic carboxylic acids is 2. The van der Waals surface area contributed by atoms with Gasteiger partial charge in [0.05, 0.1) is 0 Å². The molecule has 0 aliphatic carbocycles. The number of hydrogen-bond donors (Lipinski definition) is 2. The third-order valence-electron chi connectivity index (χ3n) is 2.43. The minimum atomic E-state index is -1.05. The molecule has 0 amide bonds. The van der Waals surface area contributed by atoms with Crippen LogP contribution in [0.15, 0.2) is 0 Å². The predicted molar refractivity (Wildman–Crippen MR) is 95.3 cm³/mol. The zero-order chi connectivity index (χ0) is 16.6. The van der Waals surface area contributed by atoms with Gasteiger partial charge in [-0.3, -0.25) is 0 Å². The molecule has 123 valence electrons. The Morgan fingerprint density at radius 3 is 1.00 bits per heavy atom. The van der Waals surface area contributed by atoms with Crippen molar-refractivity contribution >= 4 is 80.3 Å². The van der Waals surface area contributed by atoms with E-state index in [2.05, 4.69) is 24.4 Å². The normalized spacial score (nSPS) is 11.6. The number of carboxylic acids is 2. The van der Waals surface area contributed by atoms with Crippen molar-refractivity contribution in [2.45, 2.75) is 27.7 Å². The minimum absolute atomic E-state index is 0. The van der Waals surface area contributed by atoms with Crippen LogP contribution in [0.1, 0.15) is 27.7 Å². The number of thiocarbonyl (C=S) groups is 4. The van der Waals surface area contributed by atoms with Gasteiger partial charge in [0.15, 0.2) is 0 Å². The molecule has 0 rings (SSSR count). The van der Waals surface area contributed by atoms with Crippen LogP contribution in [0, 0.1) is 11.8 Å². The van der Waals surface area contributed by atoms with E-state index in [0.717, 1.165) is 0 Å². The second-order valence-electron chi connectivity index (χ2n) is 4.00. The van der Waals surface area contributed by atoms with Crippen molar-refractivity contribution in [1.82, 2.24) is 0 Å². The van der Waals surface area contributed by atoms with E-state index in [-0.39, 0.29) is 38.6 Å². The van der Waals surface area contributed by atoms with E-state index in [0.29, 0.717) is 9.73 Å². The fraction of sp³-hybridized carbons (Fsp3) is 0.500. The van der Waals surface area contributed by atoms with Gasteiger partial charge in [-0.25, -0.2) is 9.59 Å². The standard InChI is InChI=1S/2C6H8O2S2.Cu/c2*1-3(4(2)9)5(10)6(7)8;/h2*3H,1-2H3,(H,7,8);. The average molecular weight is 416 g/mol.